The SMILES string of the molecule is CC(=Nc1ccccc1S)c1ccc2c(c1)C(C)(C)c1cc(C(C)Nc3ccccc3S)ccc1-2. The normalized spacial score (nSPS) is 14.9. The van der Waals surface area contributed by atoms with Crippen LogP contribution < -0.4 is 5.32 Å². The van der Waals surface area contributed by atoms with E-state index in [0.717, 1.165) is 32.4 Å². The molecule has 1 unspecified atom stereocenters. The minimum atomic E-state index is -0.0976. The van der Waals surface area contributed by atoms with Crippen molar-refractivity contribution in [3.63, 3.8) is 0 Å². The number of hydrogen-bond donors (Lipinski definition) is 3. The molecule has 0 radical (unpaired) electrons. The summed E-state index contributed by atoms with van der Waals surface area (Å²) in [5.74, 6) is 0. The van der Waals surface area contributed by atoms with E-state index in [0.29, 0.717) is 0 Å². The van der Waals surface area contributed by atoms with Crippen LogP contribution in [-0.4, -0.2) is 5.71 Å². The third-order valence-corrected chi connectivity index (χ3v) is 7.83. The molecule has 4 aromatic rings. The first-order valence-electron chi connectivity index (χ1n) is 11.9. The van der Waals surface area contributed by atoms with Gasteiger partial charge in [-0.05, 0) is 77.6 Å². The Balaban J connectivity index is 1.48. The first-order valence-corrected chi connectivity index (χ1v) is 12.8. The maximum Gasteiger partial charge on any atom is 0.0766 e. The van der Waals surface area contributed by atoms with Gasteiger partial charge in [0, 0.05) is 32.6 Å². The number of nitrogens with one attached hydrogen (secondary N) is 1. The Labute approximate surface area is 219 Å². The molecule has 4 heteroatoms. The van der Waals surface area contributed by atoms with Gasteiger partial charge in [-0.25, -0.2) is 0 Å². The molecular weight excluding hydrogens is 464 g/mol. The van der Waals surface area contributed by atoms with Crippen LogP contribution in [0.25, 0.3) is 11.1 Å². The molecule has 35 heavy (non-hydrogen) atoms. The van der Waals surface area contributed by atoms with Crippen LogP contribution in [0.1, 0.15) is 56.0 Å². The van der Waals surface area contributed by atoms with Gasteiger partial charge in [0.05, 0.1) is 5.69 Å². The van der Waals surface area contributed by atoms with Crippen LogP contribution in [0.4, 0.5) is 11.4 Å². The summed E-state index contributed by atoms with van der Waals surface area (Å²) in [7, 11) is 0. The molecule has 1 aliphatic carbocycles. The van der Waals surface area contributed by atoms with Crippen molar-refractivity contribution >= 4 is 42.3 Å². The van der Waals surface area contributed by atoms with Gasteiger partial charge in [0.2, 0.25) is 0 Å². The van der Waals surface area contributed by atoms with E-state index >= 15 is 0 Å². The molecule has 176 valence electrons. The fourth-order valence-corrected chi connectivity index (χ4v) is 5.40. The van der Waals surface area contributed by atoms with E-state index in [9.17, 15) is 0 Å². The van der Waals surface area contributed by atoms with Crippen LogP contribution in [0, 0.1) is 0 Å². The van der Waals surface area contributed by atoms with E-state index in [-0.39, 0.29) is 11.5 Å². The molecule has 2 nitrogen and oxygen atoms in total. The number of thiol groups is 2. The minimum Gasteiger partial charge on any atom is -0.378 e. The zero-order chi connectivity index (χ0) is 24.7. The molecule has 0 bridgehead atoms. The van der Waals surface area contributed by atoms with Gasteiger partial charge in [-0.15, -0.1) is 25.3 Å². The van der Waals surface area contributed by atoms with Crippen molar-refractivity contribution in [3.05, 3.63) is 107 Å². The predicted molar refractivity (Wildman–Crippen MR) is 155 cm³/mol. The first-order chi connectivity index (χ1) is 16.8. The Hall–Kier alpha value is -2.95. The average Bonchev–Trinajstić information content (AvgIpc) is 3.08. The van der Waals surface area contributed by atoms with Crippen molar-refractivity contribution in [3.8, 4) is 11.1 Å². The number of hydrogen-bond acceptors (Lipinski definition) is 4. The van der Waals surface area contributed by atoms with E-state index in [4.69, 9.17) is 4.99 Å². The number of nitrogens with zero attached hydrogens (tertiary/aromatic N) is 1. The quantitative estimate of drug-likeness (QED) is 0.187. The first kappa shape index (κ1) is 23.8. The molecule has 4 aromatic carbocycles. The zero-order valence-corrected chi connectivity index (χ0v) is 22.3. The Kier molecular flexibility index (Phi) is 6.29. The number of fused-ring (bicyclic) bond motifs is 3. The molecule has 0 saturated carbocycles. The lowest BCUT2D eigenvalue weighted by atomic mass is 9.81. The van der Waals surface area contributed by atoms with Crippen molar-refractivity contribution < 1.29 is 0 Å². The predicted octanol–water partition coefficient (Wildman–Crippen LogP) is 8.88. The molecule has 1 atom stereocenters. The Morgan fingerprint density at radius 2 is 1.43 bits per heavy atom. The van der Waals surface area contributed by atoms with Gasteiger partial charge >= 0.3 is 0 Å². The third kappa shape index (κ3) is 4.41. The molecule has 0 aromatic heterocycles. The fraction of sp³-hybridized carbons (Fsp3) is 0.194. The molecular formula is C31H30N2S2. The summed E-state index contributed by atoms with van der Waals surface area (Å²) in [4.78, 5) is 6.70. The average molecular weight is 495 g/mol. The van der Waals surface area contributed by atoms with Gasteiger partial charge in [-0.1, -0.05) is 68.4 Å². The summed E-state index contributed by atoms with van der Waals surface area (Å²) in [6, 6.07) is 29.9. The minimum absolute atomic E-state index is 0.0976. The summed E-state index contributed by atoms with van der Waals surface area (Å²) in [5.41, 5.74) is 10.6. The van der Waals surface area contributed by atoms with Crippen LogP contribution in [-0.2, 0) is 5.41 Å². The highest BCUT2D eigenvalue weighted by atomic mass is 32.1. The highest BCUT2D eigenvalue weighted by Crippen LogP contribution is 2.49. The largest absolute Gasteiger partial charge is 0.378 e. The van der Waals surface area contributed by atoms with Crippen molar-refractivity contribution in [1.82, 2.24) is 0 Å². The molecule has 0 fully saturated rings. The smallest absolute Gasteiger partial charge is 0.0766 e. The topological polar surface area (TPSA) is 24.4 Å². The molecule has 0 heterocycles. The van der Waals surface area contributed by atoms with E-state index in [1.807, 2.05) is 42.5 Å². The van der Waals surface area contributed by atoms with E-state index in [1.165, 1.54) is 27.8 Å². The molecule has 1 N–H and O–H groups in total. The molecule has 0 amide bonds. The number of para-hydroxylation sites is 2. The zero-order valence-electron chi connectivity index (χ0n) is 20.5. The van der Waals surface area contributed by atoms with Crippen molar-refractivity contribution in [1.29, 1.82) is 0 Å². The number of benzene rings is 4. The second-order valence-corrected chi connectivity index (χ2v) is 10.7. The number of rotatable bonds is 5. The lowest BCUT2D eigenvalue weighted by molar-refractivity contribution is 0.658. The maximum absolute atomic E-state index is 4.86. The van der Waals surface area contributed by atoms with E-state index in [1.54, 1.807) is 0 Å². The van der Waals surface area contributed by atoms with Crippen LogP contribution in [0.2, 0.25) is 0 Å². The highest BCUT2D eigenvalue weighted by molar-refractivity contribution is 7.80. The van der Waals surface area contributed by atoms with E-state index < -0.39 is 0 Å². The molecule has 0 spiro atoms. The molecule has 1 aliphatic rings. The van der Waals surface area contributed by atoms with Crippen LogP contribution >= 0.6 is 25.3 Å². The Morgan fingerprint density at radius 1 is 0.800 bits per heavy atom. The Morgan fingerprint density at radius 3 is 2.14 bits per heavy atom. The standard InChI is InChI=1S/C31H30N2S2/c1-19(32-27-9-5-7-11-29(27)34)21-13-15-23-24-16-14-22(18-26(24)31(3,4)25(23)17-21)20(2)33-28-10-6-8-12-30(28)35/h5-19,32,34-35H,1-4H3. The summed E-state index contributed by atoms with van der Waals surface area (Å²) >= 11 is 9.16. The summed E-state index contributed by atoms with van der Waals surface area (Å²) < 4.78 is 0. The molecule has 0 aliphatic heterocycles. The van der Waals surface area contributed by atoms with Gasteiger partial charge in [-0.2, -0.15) is 0 Å². The molecule has 5 rings (SSSR count). The Bertz CT molecular complexity index is 1450. The van der Waals surface area contributed by atoms with Gasteiger partial charge in [-0.3, -0.25) is 4.99 Å². The summed E-state index contributed by atoms with van der Waals surface area (Å²) in [6.45, 7) is 8.92. The number of anilines is 1. The van der Waals surface area contributed by atoms with Crippen molar-refractivity contribution in [2.24, 2.45) is 4.99 Å². The van der Waals surface area contributed by atoms with Crippen LogP contribution in [0.5, 0.6) is 0 Å². The van der Waals surface area contributed by atoms with Crippen LogP contribution in [0.3, 0.4) is 0 Å². The maximum atomic E-state index is 4.86. The van der Waals surface area contributed by atoms with E-state index in [2.05, 4.69) is 101 Å². The van der Waals surface area contributed by atoms with Gasteiger partial charge in [0.1, 0.15) is 0 Å². The summed E-state index contributed by atoms with van der Waals surface area (Å²) in [6.07, 6.45) is 0. The lowest BCUT2D eigenvalue weighted by Crippen LogP contribution is -2.16. The fourth-order valence-electron chi connectivity index (χ4n) is 4.97. The van der Waals surface area contributed by atoms with Crippen molar-refractivity contribution in [2.75, 3.05) is 5.32 Å². The van der Waals surface area contributed by atoms with Gasteiger partial charge < -0.3 is 5.32 Å². The van der Waals surface area contributed by atoms with Crippen LogP contribution in [0.15, 0.2) is 99.7 Å². The van der Waals surface area contributed by atoms with Gasteiger partial charge in [0.25, 0.3) is 0 Å². The monoisotopic (exact) mass is 494 g/mol. The lowest BCUT2D eigenvalue weighted by Gasteiger charge is -2.24. The highest BCUT2D eigenvalue weighted by Gasteiger charge is 2.36. The third-order valence-electron chi connectivity index (χ3n) is 7.06. The second-order valence-electron chi connectivity index (χ2n) is 9.76. The van der Waals surface area contributed by atoms with Crippen molar-refractivity contribution in [2.45, 2.75) is 48.9 Å². The van der Waals surface area contributed by atoms with Gasteiger partial charge in [0.15, 0.2) is 0 Å². The second kappa shape index (κ2) is 9.25. The molecule has 0 saturated heterocycles. The summed E-state index contributed by atoms with van der Waals surface area (Å²) in [5, 5.41) is 3.62. The number of aliphatic imine (C=N–C) groups is 1.